The van der Waals surface area contributed by atoms with Crippen LogP contribution in [0, 0.1) is 17.2 Å². The zero-order chi connectivity index (χ0) is 15.5. The average molecular weight is 289 g/mol. The largest absolute Gasteiger partial charge is 0.416 e. The van der Waals surface area contributed by atoms with Gasteiger partial charge in [-0.1, -0.05) is 37.3 Å². The summed E-state index contributed by atoms with van der Waals surface area (Å²) < 4.78 is 37.5. The van der Waals surface area contributed by atoms with Gasteiger partial charge in [0.1, 0.15) is 0 Å². The number of allylic oxidation sites excluding steroid dienone is 6. The third-order valence-corrected chi connectivity index (χ3v) is 3.30. The van der Waals surface area contributed by atoms with E-state index in [1.807, 2.05) is 24.3 Å². The molecule has 1 atom stereocenters. The fourth-order valence-corrected chi connectivity index (χ4v) is 2.04. The molecule has 0 heterocycles. The maximum Gasteiger partial charge on any atom is 0.416 e. The second-order valence-electron chi connectivity index (χ2n) is 5.02. The number of nitrogens with zero attached hydrogens (tertiary/aromatic N) is 1. The van der Waals surface area contributed by atoms with E-state index in [1.54, 1.807) is 6.08 Å². The summed E-state index contributed by atoms with van der Waals surface area (Å²) in [7, 11) is 0. The quantitative estimate of drug-likeness (QED) is 0.692. The lowest BCUT2D eigenvalue weighted by Crippen LogP contribution is -2.04. The maximum atomic E-state index is 12.5. The van der Waals surface area contributed by atoms with Gasteiger partial charge in [0.15, 0.2) is 0 Å². The number of nitriles is 1. The maximum absolute atomic E-state index is 12.5. The molecule has 1 aromatic rings. The van der Waals surface area contributed by atoms with Crippen molar-refractivity contribution in [2.75, 3.05) is 0 Å². The standard InChI is InChI=1S/C17H14F3N/c1-12-2-4-13(5-3-12)10-15(11-21)14-6-8-16(9-7-14)17(18,19)20/h2,4-10,12H,3H2,1H3/b15-10+. The summed E-state index contributed by atoms with van der Waals surface area (Å²) in [6, 6.07) is 6.68. The Morgan fingerprint density at radius 3 is 2.43 bits per heavy atom. The SMILES string of the molecule is CC1C=CC(/C=C(\C#N)c2ccc(C(F)(F)F)cc2)=CC1. The van der Waals surface area contributed by atoms with Gasteiger partial charge in [0.05, 0.1) is 17.2 Å². The van der Waals surface area contributed by atoms with Crippen LogP contribution < -0.4 is 0 Å². The number of hydrogen-bond acceptors (Lipinski definition) is 1. The van der Waals surface area contributed by atoms with Crippen molar-refractivity contribution >= 4 is 5.57 Å². The third-order valence-electron chi connectivity index (χ3n) is 3.30. The van der Waals surface area contributed by atoms with Gasteiger partial charge in [-0.3, -0.25) is 0 Å². The number of alkyl halides is 3. The number of halogens is 3. The molecule has 0 fully saturated rings. The molecule has 2 rings (SSSR count). The van der Waals surface area contributed by atoms with Crippen molar-refractivity contribution in [3.8, 4) is 6.07 Å². The van der Waals surface area contributed by atoms with Gasteiger partial charge in [0.2, 0.25) is 0 Å². The van der Waals surface area contributed by atoms with Gasteiger partial charge in [0.25, 0.3) is 0 Å². The van der Waals surface area contributed by atoms with Crippen molar-refractivity contribution < 1.29 is 13.2 Å². The van der Waals surface area contributed by atoms with Crippen molar-refractivity contribution in [1.29, 1.82) is 5.26 Å². The second-order valence-corrected chi connectivity index (χ2v) is 5.02. The van der Waals surface area contributed by atoms with E-state index in [0.717, 1.165) is 24.1 Å². The summed E-state index contributed by atoms with van der Waals surface area (Å²) in [4.78, 5) is 0. The fourth-order valence-electron chi connectivity index (χ4n) is 2.04. The van der Waals surface area contributed by atoms with Crippen LogP contribution in [0.5, 0.6) is 0 Å². The Labute approximate surface area is 121 Å². The molecule has 0 aliphatic heterocycles. The number of rotatable bonds is 2. The van der Waals surface area contributed by atoms with Gasteiger partial charge < -0.3 is 0 Å². The van der Waals surface area contributed by atoms with Crippen LogP contribution in [0.1, 0.15) is 24.5 Å². The molecule has 108 valence electrons. The molecule has 0 radical (unpaired) electrons. The zero-order valence-electron chi connectivity index (χ0n) is 11.5. The topological polar surface area (TPSA) is 23.8 Å². The van der Waals surface area contributed by atoms with Crippen LogP contribution in [0.3, 0.4) is 0 Å². The van der Waals surface area contributed by atoms with Crippen LogP contribution in [0.25, 0.3) is 5.57 Å². The summed E-state index contributed by atoms with van der Waals surface area (Å²) in [6.45, 7) is 2.09. The van der Waals surface area contributed by atoms with Gasteiger partial charge in [-0.25, -0.2) is 0 Å². The Morgan fingerprint density at radius 2 is 1.95 bits per heavy atom. The molecule has 0 spiro atoms. The molecule has 1 unspecified atom stereocenters. The highest BCUT2D eigenvalue weighted by molar-refractivity contribution is 5.79. The van der Waals surface area contributed by atoms with Gasteiger partial charge in [-0.2, -0.15) is 18.4 Å². The Morgan fingerprint density at radius 1 is 1.29 bits per heavy atom. The Kier molecular flexibility index (Phi) is 4.32. The predicted molar refractivity (Wildman–Crippen MR) is 76.0 cm³/mol. The highest BCUT2D eigenvalue weighted by atomic mass is 19.4. The molecule has 0 amide bonds. The average Bonchev–Trinajstić information content (AvgIpc) is 2.46. The van der Waals surface area contributed by atoms with Crippen LogP contribution in [0.15, 0.2) is 54.1 Å². The van der Waals surface area contributed by atoms with Crippen molar-refractivity contribution in [1.82, 2.24) is 0 Å². The summed E-state index contributed by atoms with van der Waals surface area (Å²) >= 11 is 0. The minimum Gasteiger partial charge on any atom is -0.192 e. The molecule has 1 nitrogen and oxygen atoms in total. The molecule has 1 aromatic carbocycles. The molecule has 0 saturated heterocycles. The Hall–Kier alpha value is -2.28. The predicted octanol–water partition coefficient (Wildman–Crippen LogP) is 5.13. The van der Waals surface area contributed by atoms with Crippen LogP contribution in [0.4, 0.5) is 13.2 Å². The first kappa shape index (κ1) is 15.1. The molecule has 0 N–H and O–H groups in total. The minimum absolute atomic E-state index is 0.356. The summed E-state index contributed by atoms with van der Waals surface area (Å²) in [5, 5.41) is 9.20. The normalized spacial score (nSPS) is 19.1. The van der Waals surface area contributed by atoms with Crippen molar-refractivity contribution in [3.63, 3.8) is 0 Å². The molecule has 0 bridgehead atoms. The smallest absolute Gasteiger partial charge is 0.192 e. The number of benzene rings is 1. The molecule has 1 aliphatic rings. The number of hydrogen-bond donors (Lipinski definition) is 0. The minimum atomic E-state index is -4.36. The molecular formula is C17H14F3N. The van der Waals surface area contributed by atoms with Crippen LogP contribution in [-0.4, -0.2) is 0 Å². The van der Waals surface area contributed by atoms with E-state index in [4.69, 9.17) is 0 Å². The summed E-state index contributed by atoms with van der Waals surface area (Å²) in [5.41, 5.74) is 1.03. The van der Waals surface area contributed by atoms with Gasteiger partial charge in [-0.05, 0) is 41.7 Å². The molecule has 0 saturated carbocycles. The van der Waals surface area contributed by atoms with Crippen molar-refractivity contribution in [2.24, 2.45) is 5.92 Å². The van der Waals surface area contributed by atoms with Crippen LogP contribution in [0.2, 0.25) is 0 Å². The zero-order valence-corrected chi connectivity index (χ0v) is 11.5. The fraction of sp³-hybridized carbons (Fsp3) is 0.235. The molecule has 21 heavy (non-hydrogen) atoms. The highest BCUT2D eigenvalue weighted by Crippen LogP contribution is 2.30. The summed E-state index contributed by atoms with van der Waals surface area (Å²) in [5.74, 6) is 0.471. The highest BCUT2D eigenvalue weighted by Gasteiger charge is 2.30. The monoisotopic (exact) mass is 289 g/mol. The second kappa shape index (κ2) is 6.01. The lowest BCUT2D eigenvalue weighted by molar-refractivity contribution is -0.137. The molecule has 4 heteroatoms. The lowest BCUT2D eigenvalue weighted by atomic mass is 9.96. The van der Waals surface area contributed by atoms with Crippen molar-refractivity contribution in [3.05, 3.63) is 65.3 Å². The van der Waals surface area contributed by atoms with Crippen LogP contribution in [-0.2, 0) is 6.18 Å². The van der Waals surface area contributed by atoms with Gasteiger partial charge >= 0.3 is 6.18 Å². The van der Waals surface area contributed by atoms with Gasteiger partial charge in [0, 0.05) is 0 Å². The van der Waals surface area contributed by atoms with E-state index in [1.165, 1.54) is 12.1 Å². The third kappa shape index (κ3) is 3.85. The van der Waals surface area contributed by atoms with E-state index < -0.39 is 11.7 Å². The first-order valence-electron chi connectivity index (χ1n) is 6.58. The van der Waals surface area contributed by atoms with E-state index in [-0.39, 0.29) is 0 Å². The Bertz CT molecular complexity index is 640. The van der Waals surface area contributed by atoms with E-state index in [9.17, 15) is 18.4 Å². The van der Waals surface area contributed by atoms with E-state index in [0.29, 0.717) is 17.1 Å². The summed E-state index contributed by atoms with van der Waals surface area (Å²) in [6.07, 6.45) is 4.23. The van der Waals surface area contributed by atoms with E-state index in [2.05, 4.69) is 6.92 Å². The molecule has 1 aliphatic carbocycles. The van der Waals surface area contributed by atoms with Crippen molar-refractivity contribution in [2.45, 2.75) is 19.5 Å². The lowest BCUT2D eigenvalue weighted by Gasteiger charge is -2.10. The van der Waals surface area contributed by atoms with E-state index >= 15 is 0 Å². The molecular weight excluding hydrogens is 275 g/mol. The van der Waals surface area contributed by atoms with Crippen LogP contribution >= 0.6 is 0 Å². The Balaban J connectivity index is 2.27. The van der Waals surface area contributed by atoms with Gasteiger partial charge in [-0.15, -0.1) is 0 Å². The molecule has 0 aromatic heterocycles. The first-order valence-corrected chi connectivity index (χ1v) is 6.58. The first-order chi connectivity index (χ1) is 9.90.